The van der Waals surface area contributed by atoms with Crippen molar-refractivity contribution in [2.75, 3.05) is 5.75 Å². The Kier molecular flexibility index (Phi) is 5.56. The number of rotatable bonds is 6. The lowest BCUT2D eigenvalue weighted by Gasteiger charge is -2.11. The Hall–Kier alpha value is -1.39. The van der Waals surface area contributed by atoms with E-state index in [2.05, 4.69) is 18.0 Å². The van der Waals surface area contributed by atoms with Crippen molar-refractivity contribution < 1.29 is 4.39 Å². The number of hydrogen-bond donors (Lipinski definition) is 1. The lowest BCUT2D eigenvalue weighted by Crippen LogP contribution is -2.26. The molecule has 106 valence electrons. The van der Waals surface area contributed by atoms with Crippen LogP contribution in [0.5, 0.6) is 0 Å². The molecule has 2 nitrogen and oxygen atoms in total. The molecular formula is C16H19FN2S. The van der Waals surface area contributed by atoms with Gasteiger partial charge in [-0.3, -0.25) is 4.98 Å². The standard InChI is InChI=1S/C16H19FN2S/c1-2-12-7-8-14(19-10-12)9-13(18)11-20-16-6-4-3-5-15(16)17/h3-8,10,13H,2,9,11,18H2,1H3. The Balaban J connectivity index is 1.86. The number of pyridine rings is 1. The lowest BCUT2D eigenvalue weighted by atomic mass is 10.1. The van der Waals surface area contributed by atoms with Gasteiger partial charge in [0.05, 0.1) is 0 Å². The van der Waals surface area contributed by atoms with Gasteiger partial charge in [0, 0.05) is 35.0 Å². The molecule has 0 aliphatic rings. The molecule has 2 aromatic rings. The molecule has 0 saturated heterocycles. The van der Waals surface area contributed by atoms with E-state index in [4.69, 9.17) is 5.73 Å². The molecule has 1 aromatic heterocycles. The van der Waals surface area contributed by atoms with Crippen LogP contribution in [0.2, 0.25) is 0 Å². The van der Waals surface area contributed by atoms with Gasteiger partial charge in [0.25, 0.3) is 0 Å². The van der Waals surface area contributed by atoms with Crippen LogP contribution in [0.25, 0.3) is 0 Å². The molecule has 0 fully saturated rings. The minimum absolute atomic E-state index is 0.0282. The maximum absolute atomic E-state index is 13.5. The molecule has 20 heavy (non-hydrogen) atoms. The predicted molar refractivity (Wildman–Crippen MR) is 82.4 cm³/mol. The molecule has 2 N–H and O–H groups in total. The van der Waals surface area contributed by atoms with Crippen LogP contribution in [0.3, 0.4) is 0 Å². The van der Waals surface area contributed by atoms with Gasteiger partial charge in [-0.25, -0.2) is 4.39 Å². The second-order valence-electron chi connectivity index (χ2n) is 4.72. The third-order valence-electron chi connectivity index (χ3n) is 3.06. The van der Waals surface area contributed by atoms with E-state index in [9.17, 15) is 4.39 Å². The Bertz CT molecular complexity index is 542. The van der Waals surface area contributed by atoms with E-state index in [1.807, 2.05) is 18.3 Å². The number of halogens is 1. The first-order valence-corrected chi connectivity index (χ1v) is 7.74. The number of nitrogens with zero attached hydrogens (tertiary/aromatic N) is 1. The van der Waals surface area contributed by atoms with E-state index < -0.39 is 0 Å². The molecule has 0 bridgehead atoms. The first kappa shape index (κ1) is 15.0. The zero-order valence-corrected chi connectivity index (χ0v) is 12.4. The zero-order chi connectivity index (χ0) is 14.4. The molecule has 1 heterocycles. The second-order valence-corrected chi connectivity index (χ2v) is 5.78. The van der Waals surface area contributed by atoms with Gasteiger partial charge >= 0.3 is 0 Å². The minimum Gasteiger partial charge on any atom is -0.327 e. The van der Waals surface area contributed by atoms with Gasteiger partial charge in [-0.2, -0.15) is 0 Å². The van der Waals surface area contributed by atoms with E-state index in [-0.39, 0.29) is 11.9 Å². The Morgan fingerprint density at radius 3 is 2.70 bits per heavy atom. The lowest BCUT2D eigenvalue weighted by molar-refractivity contribution is 0.601. The minimum atomic E-state index is -0.185. The summed E-state index contributed by atoms with van der Waals surface area (Å²) >= 11 is 1.45. The van der Waals surface area contributed by atoms with Gasteiger partial charge in [-0.1, -0.05) is 25.1 Å². The summed E-state index contributed by atoms with van der Waals surface area (Å²) in [5.41, 5.74) is 8.31. The Labute approximate surface area is 123 Å². The van der Waals surface area contributed by atoms with E-state index in [0.29, 0.717) is 17.1 Å². The number of aryl methyl sites for hydroxylation is 1. The SMILES string of the molecule is CCc1ccc(CC(N)CSc2ccccc2F)nc1. The molecule has 1 unspecified atom stereocenters. The van der Waals surface area contributed by atoms with Gasteiger partial charge in [0.15, 0.2) is 0 Å². The smallest absolute Gasteiger partial charge is 0.136 e. The number of aromatic nitrogens is 1. The van der Waals surface area contributed by atoms with Crippen LogP contribution in [0.15, 0.2) is 47.5 Å². The first-order chi connectivity index (χ1) is 9.69. The summed E-state index contributed by atoms with van der Waals surface area (Å²) < 4.78 is 13.5. The molecule has 2 rings (SSSR count). The highest BCUT2D eigenvalue weighted by Crippen LogP contribution is 2.22. The fraction of sp³-hybridized carbons (Fsp3) is 0.312. The summed E-state index contributed by atoms with van der Waals surface area (Å²) in [4.78, 5) is 5.05. The molecule has 4 heteroatoms. The largest absolute Gasteiger partial charge is 0.327 e. The second kappa shape index (κ2) is 7.41. The van der Waals surface area contributed by atoms with Crippen LogP contribution < -0.4 is 5.73 Å². The van der Waals surface area contributed by atoms with Crippen molar-refractivity contribution >= 4 is 11.8 Å². The van der Waals surface area contributed by atoms with Crippen LogP contribution >= 0.6 is 11.8 Å². The molecule has 0 spiro atoms. The van der Waals surface area contributed by atoms with Crippen LogP contribution in [-0.2, 0) is 12.8 Å². The molecule has 0 amide bonds. The molecule has 0 radical (unpaired) electrons. The number of nitrogens with two attached hydrogens (primary N) is 1. The quantitative estimate of drug-likeness (QED) is 0.828. The van der Waals surface area contributed by atoms with Crippen LogP contribution in [-0.4, -0.2) is 16.8 Å². The summed E-state index contributed by atoms with van der Waals surface area (Å²) in [6.45, 7) is 2.10. The molecule has 1 atom stereocenters. The Morgan fingerprint density at radius 1 is 1.25 bits per heavy atom. The highest BCUT2D eigenvalue weighted by molar-refractivity contribution is 7.99. The monoisotopic (exact) mass is 290 g/mol. The van der Waals surface area contributed by atoms with Crippen molar-refractivity contribution in [2.45, 2.75) is 30.7 Å². The fourth-order valence-electron chi connectivity index (χ4n) is 1.87. The molecule has 1 aromatic carbocycles. The van der Waals surface area contributed by atoms with Gasteiger partial charge < -0.3 is 5.73 Å². The maximum Gasteiger partial charge on any atom is 0.136 e. The summed E-state index contributed by atoms with van der Waals surface area (Å²) in [5.74, 6) is 0.494. The molecule has 0 aliphatic heterocycles. The first-order valence-electron chi connectivity index (χ1n) is 6.75. The highest BCUT2D eigenvalue weighted by Gasteiger charge is 2.08. The van der Waals surface area contributed by atoms with Gasteiger partial charge in [-0.15, -0.1) is 11.8 Å². The summed E-state index contributed by atoms with van der Waals surface area (Å²) in [6.07, 6.45) is 3.60. The van der Waals surface area contributed by atoms with E-state index >= 15 is 0 Å². The third kappa shape index (κ3) is 4.32. The van der Waals surface area contributed by atoms with Crippen molar-refractivity contribution in [1.82, 2.24) is 4.98 Å². The number of hydrogen-bond acceptors (Lipinski definition) is 3. The predicted octanol–water partition coefficient (Wildman–Crippen LogP) is 3.45. The van der Waals surface area contributed by atoms with Crippen molar-refractivity contribution in [3.05, 3.63) is 59.7 Å². The zero-order valence-electron chi connectivity index (χ0n) is 11.6. The van der Waals surface area contributed by atoms with E-state index in [1.165, 1.54) is 23.4 Å². The molecule has 0 aliphatic carbocycles. The summed E-state index contributed by atoms with van der Waals surface area (Å²) in [6, 6.07) is 10.9. The van der Waals surface area contributed by atoms with Gasteiger partial charge in [0.1, 0.15) is 5.82 Å². The highest BCUT2D eigenvalue weighted by atomic mass is 32.2. The van der Waals surface area contributed by atoms with Crippen LogP contribution in [0.1, 0.15) is 18.2 Å². The summed E-state index contributed by atoms with van der Waals surface area (Å²) in [5, 5.41) is 0. The number of benzene rings is 1. The Morgan fingerprint density at radius 2 is 2.05 bits per heavy atom. The van der Waals surface area contributed by atoms with Crippen LogP contribution in [0, 0.1) is 5.82 Å². The normalized spacial score (nSPS) is 12.3. The van der Waals surface area contributed by atoms with Crippen molar-refractivity contribution in [3.63, 3.8) is 0 Å². The van der Waals surface area contributed by atoms with E-state index in [1.54, 1.807) is 12.1 Å². The molecule has 0 saturated carbocycles. The topological polar surface area (TPSA) is 38.9 Å². The molecular weight excluding hydrogens is 271 g/mol. The maximum atomic E-state index is 13.5. The van der Waals surface area contributed by atoms with Crippen molar-refractivity contribution in [1.29, 1.82) is 0 Å². The van der Waals surface area contributed by atoms with Gasteiger partial charge in [0.2, 0.25) is 0 Å². The average Bonchev–Trinajstić information content (AvgIpc) is 2.47. The van der Waals surface area contributed by atoms with E-state index in [0.717, 1.165) is 12.1 Å². The van der Waals surface area contributed by atoms with Crippen molar-refractivity contribution in [2.24, 2.45) is 5.73 Å². The third-order valence-corrected chi connectivity index (χ3v) is 4.29. The van der Waals surface area contributed by atoms with Crippen molar-refractivity contribution in [3.8, 4) is 0 Å². The van der Waals surface area contributed by atoms with Gasteiger partial charge in [-0.05, 0) is 30.2 Å². The average molecular weight is 290 g/mol. The van der Waals surface area contributed by atoms with Crippen LogP contribution in [0.4, 0.5) is 4.39 Å². The number of thioether (sulfide) groups is 1. The fourth-order valence-corrected chi connectivity index (χ4v) is 2.76. The summed E-state index contributed by atoms with van der Waals surface area (Å²) in [7, 11) is 0.